The Bertz CT molecular complexity index is 1670. The highest BCUT2D eigenvalue weighted by molar-refractivity contribution is 5.76. The number of carbonyl (C=O) groups is 2. The molecule has 6 N–H and O–H groups in total. The summed E-state index contributed by atoms with van der Waals surface area (Å²) in [7, 11) is 0. The summed E-state index contributed by atoms with van der Waals surface area (Å²) >= 11 is 0. The van der Waals surface area contributed by atoms with Crippen LogP contribution < -0.4 is 5.32 Å². The fourth-order valence-corrected chi connectivity index (χ4v) is 13.4. The van der Waals surface area contributed by atoms with Crippen molar-refractivity contribution in [2.24, 2.45) is 0 Å². The van der Waals surface area contributed by atoms with Gasteiger partial charge in [-0.25, -0.2) is 0 Å². The van der Waals surface area contributed by atoms with Gasteiger partial charge in [-0.05, 0) is 83.5 Å². The fraction of sp³-hybridized carbons (Fsp3) is 0.905. The first-order chi connectivity index (χ1) is 46.7. The van der Waals surface area contributed by atoms with Crippen LogP contribution >= 0.6 is 0 Å². The number of unbranched alkanes of at least 4 members (excludes halogenated alkanes) is 57. The number of hydrogen-bond acceptors (Lipinski definition) is 10. The molecule has 0 saturated carbocycles. The Balaban J connectivity index is 1.90. The van der Waals surface area contributed by atoms with Gasteiger partial charge in [0.25, 0.3) is 0 Å². The van der Waals surface area contributed by atoms with Gasteiger partial charge in [0.1, 0.15) is 24.4 Å². The number of carbonyl (C=O) groups excluding carboxylic acids is 2. The summed E-state index contributed by atoms with van der Waals surface area (Å²) in [5, 5.41) is 54.7. The number of nitrogens with one attached hydrogen (secondary N) is 1. The Labute approximate surface area is 587 Å². The number of rotatable bonds is 75. The highest BCUT2D eigenvalue weighted by atomic mass is 16.7. The van der Waals surface area contributed by atoms with Crippen molar-refractivity contribution in [3.63, 3.8) is 0 Å². The Morgan fingerprint density at radius 3 is 1.02 bits per heavy atom. The number of hydrogen-bond donors (Lipinski definition) is 6. The Kier molecular flexibility index (Phi) is 69.9. The summed E-state index contributed by atoms with van der Waals surface area (Å²) in [6.07, 6.45) is 86.1. The van der Waals surface area contributed by atoms with Gasteiger partial charge >= 0.3 is 5.97 Å². The molecule has 7 unspecified atom stereocenters. The third kappa shape index (κ3) is 61.5. The van der Waals surface area contributed by atoms with E-state index in [0.717, 1.165) is 57.8 Å². The number of esters is 1. The Morgan fingerprint density at radius 1 is 0.379 bits per heavy atom. The molecule has 95 heavy (non-hydrogen) atoms. The molecule has 1 saturated heterocycles. The molecule has 11 heteroatoms. The number of aliphatic hydroxyl groups excluding tert-OH is 5. The lowest BCUT2D eigenvalue weighted by Gasteiger charge is -2.40. The average molecular weight is 1340 g/mol. The first kappa shape index (κ1) is 90.9. The van der Waals surface area contributed by atoms with Crippen LogP contribution in [0.15, 0.2) is 36.5 Å². The van der Waals surface area contributed by atoms with Crippen LogP contribution in [-0.2, 0) is 23.8 Å². The Hall–Kier alpha value is -2.12. The van der Waals surface area contributed by atoms with Crippen molar-refractivity contribution in [1.82, 2.24) is 5.32 Å². The van der Waals surface area contributed by atoms with Crippen molar-refractivity contribution in [3.05, 3.63) is 36.5 Å². The van der Waals surface area contributed by atoms with Crippen LogP contribution in [-0.4, -0.2) is 100 Å². The van der Waals surface area contributed by atoms with Gasteiger partial charge in [0.05, 0.1) is 32.0 Å². The van der Waals surface area contributed by atoms with Crippen LogP contribution in [0.1, 0.15) is 425 Å². The van der Waals surface area contributed by atoms with Gasteiger partial charge in [0.2, 0.25) is 5.91 Å². The van der Waals surface area contributed by atoms with E-state index in [2.05, 4.69) is 43.5 Å². The SMILES string of the molecule is CCCCCC/C=C\CCCCCCCC(=O)OCCCCCCCCCCCCCCCCCCCC/C=C\CCCCCCCCCCCCCCCCCCCC(=O)NC(COC1OC(CO)C(O)C(O)C1O)C(O)/C=C/CCCCCCCCCCCCCCC. The van der Waals surface area contributed by atoms with Gasteiger partial charge in [-0.1, -0.05) is 365 Å². The van der Waals surface area contributed by atoms with Gasteiger partial charge in [-0.2, -0.15) is 0 Å². The van der Waals surface area contributed by atoms with Crippen LogP contribution in [0, 0.1) is 0 Å². The second-order valence-corrected chi connectivity index (χ2v) is 29.2. The molecule has 0 aromatic heterocycles. The van der Waals surface area contributed by atoms with E-state index in [1.165, 1.54) is 340 Å². The van der Waals surface area contributed by atoms with Crippen LogP contribution in [0.4, 0.5) is 0 Å². The molecule has 1 amide bonds. The molecule has 1 aliphatic rings. The minimum Gasteiger partial charge on any atom is -0.466 e. The highest BCUT2D eigenvalue weighted by Gasteiger charge is 2.44. The molecule has 11 nitrogen and oxygen atoms in total. The fourth-order valence-electron chi connectivity index (χ4n) is 13.4. The summed E-state index contributed by atoms with van der Waals surface area (Å²) in [5.41, 5.74) is 0. The molecule has 0 aliphatic carbocycles. The molecule has 1 heterocycles. The smallest absolute Gasteiger partial charge is 0.305 e. The number of allylic oxidation sites excluding steroid dienone is 5. The second-order valence-electron chi connectivity index (χ2n) is 29.2. The van der Waals surface area contributed by atoms with Gasteiger partial charge in [-0.15, -0.1) is 0 Å². The predicted octanol–water partition coefficient (Wildman–Crippen LogP) is 22.9. The largest absolute Gasteiger partial charge is 0.466 e. The Morgan fingerprint density at radius 2 is 0.674 bits per heavy atom. The molecule has 0 aromatic carbocycles. The van der Waals surface area contributed by atoms with Crippen molar-refractivity contribution in [1.29, 1.82) is 0 Å². The summed E-state index contributed by atoms with van der Waals surface area (Å²) < 4.78 is 16.8. The quantitative estimate of drug-likeness (QED) is 0.0195. The zero-order valence-corrected chi connectivity index (χ0v) is 62.7. The van der Waals surface area contributed by atoms with E-state index in [4.69, 9.17) is 14.2 Å². The van der Waals surface area contributed by atoms with E-state index < -0.39 is 49.5 Å². The van der Waals surface area contributed by atoms with Crippen molar-refractivity contribution in [2.75, 3.05) is 19.8 Å². The van der Waals surface area contributed by atoms with Crippen LogP contribution in [0.2, 0.25) is 0 Å². The number of ether oxygens (including phenoxy) is 3. The zero-order chi connectivity index (χ0) is 68.6. The molecule has 7 atom stereocenters. The molecule has 1 fully saturated rings. The van der Waals surface area contributed by atoms with Crippen LogP contribution in [0.3, 0.4) is 0 Å². The predicted molar refractivity (Wildman–Crippen MR) is 403 cm³/mol. The molecule has 560 valence electrons. The molecular formula is C84H159NO10. The topological polar surface area (TPSA) is 175 Å². The number of aliphatic hydroxyl groups is 5. The lowest BCUT2D eigenvalue weighted by atomic mass is 9.99. The molecule has 1 rings (SSSR count). The van der Waals surface area contributed by atoms with Crippen molar-refractivity contribution in [2.45, 2.75) is 468 Å². The van der Waals surface area contributed by atoms with E-state index in [1.807, 2.05) is 6.08 Å². The first-order valence-electron chi connectivity index (χ1n) is 41.8. The summed E-state index contributed by atoms with van der Waals surface area (Å²) in [5.74, 6) is -0.166. The lowest BCUT2D eigenvalue weighted by molar-refractivity contribution is -0.302. The summed E-state index contributed by atoms with van der Waals surface area (Å²) in [4.78, 5) is 25.2. The second kappa shape index (κ2) is 73.1. The third-order valence-electron chi connectivity index (χ3n) is 20.0. The molecule has 0 aromatic rings. The first-order valence-corrected chi connectivity index (χ1v) is 41.8. The molecule has 0 bridgehead atoms. The summed E-state index contributed by atoms with van der Waals surface area (Å²) in [6, 6.07) is -0.807. The molecule has 1 aliphatic heterocycles. The van der Waals surface area contributed by atoms with Crippen molar-refractivity contribution < 1.29 is 49.3 Å². The lowest BCUT2D eigenvalue weighted by Crippen LogP contribution is -2.60. The van der Waals surface area contributed by atoms with Crippen LogP contribution in [0.25, 0.3) is 0 Å². The monoisotopic (exact) mass is 1340 g/mol. The summed E-state index contributed by atoms with van der Waals surface area (Å²) in [6.45, 7) is 4.39. The van der Waals surface area contributed by atoms with Crippen LogP contribution in [0.5, 0.6) is 0 Å². The number of amides is 1. The van der Waals surface area contributed by atoms with E-state index in [-0.39, 0.29) is 18.5 Å². The molecular weight excluding hydrogens is 1180 g/mol. The minimum atomic E-state index is -1.57. The molecule has 0 radical (unpaired) electrons. The van der Waals surface area contributed by atoms with Crippen molar-refractivity contribution in [3.8, 4) is 0 Å². The minimum absolute atomic E-state index is 0.00811. The van der Waals surface area contributed by atoms with Gasteiger partial charge < -0.3 is 45.1 Å². The van der Waals surface area contributed by atoms with E-state index in [1.54, 1.807) is 6.08 Å². The zero-order valence-electron chi connectivity index (χ0n) is 62.7. The van der Waals surface area contributed by atoms with Gasteiger partial charge in [-0.3, -0.25) is 9.59 Å². The van der Waals surface area contributed by atoms with Gasteiger partial charge in [0, 0.05) is 12.8 Å². The standard InChI is InChI=1S/C84H159NO10/c1-3-5-7-9-11-13-15-17-43-47-50-54-58-62-66-70-77(87)76(75-94-84-83(92)82(91)81(90)78(74-86)95-84)85-79(88)71-67-63-59-55-51-48-44-41-39-37-35-33-31-29-27-25-23-21-19-18-20-22-24-26-28-30-32-34-36-38-40-42-45-49-53-57-61-65-69-73-93-80(89)72-68-64-60-56-52-46-16-14-12-10-8-6-4-2/h14,16,18-19,66,70,76-78,81-84,86-87,90-92H,3-13,15,17,20-65,67-69,71-75H2,1-2H3,(H,85,88)/b16-14-,19-18-,70-66+. The maximum Gasteiger partial charge on any atom is 0.305 e. The maximum atomic E-state index is 13.1. The average Bonchev–Trinajstić information content (AvgIpc) is 0.849. The third-order valence-corrected chi connectivity index (χ3v) is 20.0. The molecule has 0 spiro atoms. The van der Waals surface area contributed by atoms with E-state index >= 15 is 0 Å². The van der Waals surface area contributed by atoms with E-state index in [9.17, 15) is 35.1 Å². The van der Waals surface area contributed by atoms with E-state index in [0.29, 0.717) is 19.4 Å². The van der Waals surface area contributed by atoms with Crippen molar-refractivity contribution >= 4 is 11.9 Å². The normalized spacial score (nSPS) is 17.5. The highest BCUT2D eigenvalue weighted by Crippen LogP contribution is 2.24. The maximum absolute atomic E-state index is 13.1. The van der Waals surface area contributed by atoms with Gasteiger partial charge in [0.15, 0.2) is 6.29 Å².